The number of anilines is 2. The maximum Gasteiger partial charge on any atom is 0.134 e. The second-order valence-corrected chi connectivity index (χ2v) is 7.20. The summed E-state index contributed by atoms with van der Waals surface area (Å²) >= 11 is 0. The van der Waals surface area contributed by atoms with Gasteiger partial charge in [-0.25, -0.2) is 9.97 Å². The summed E-state index contributed by atoms with van der Waals surface area (Å²) in [4.78, 5) is 13.8. The predicted octanol–water partition coefficient (Wildman–Crippen LogP) is 3.28. The van der Waals surface area contributed by atoms with E-state index in [1.807, 2.05) is 0 Å². The Morgan fingerprint density at radius 3 is 2.76 bits per heavy atom. The maximum atomic E-state index is 5.51. The first kappa shape index (κ1) is 16.2. The third-order valence-electron chi connectivity index (χ3n) is 5.39. The molecule has 0 saturated carbocycles. The van der Waals surface area contributed by atoms with Crippen molar-refractivity contribution in [3.05, 3.63) is 41.7 Å². The Labute approximate surface area is 149 Å². The van der Waals surface area contributed by atoms with E-state index in [1.165, 1.54) is 24.0 Å². The Bertz CT molecular complexity index is 748. The molecule has 3 heterocycles. The summed E-state index contributed by atoms with van der Waals surface area (Å²) < 4.78 is 5.51. The number of fused-ring (bicyclic) bond motifs is 1. The number of methoxy groups -OCH3 is 1. The number of piperidine rings is 1. The molecule has 1 aromatic heterocycles. The fraction of sp³-hybridized carbons (Fsp3) is 0.500. The smallest absolute Gasteiger partial charge is 0.134 e. The SMILES string of the molecule is COc1cccc2c1CCN(c1cc(N3CCCC(C)C3)ncn1)C2. The molecule has 1 fully saturated rings. The van der Waals surface area contributed by atoms with E-state index in [4.69, 9.17) is 4.74 Å². The molecule has 5 heteroatoms. The van der Waals surface area contributed by atoms with Gasteiger partial charge in [0.05, 0.1) is 7.11 Å². The van der Waals surface area contributed by atoms with Crippen LogP contribution in [0, 0.1) is 5.92 Å². The first-order valence-corrected chi connectivity index (χ1v) is 9.21. The molecule has 0 N–H and O–H groups in total. The van der Waals surface area contributed by atoms with E-state index in [9.17, 15) is 0 Å². The van der Waals surface area contributed by atoms with Gasteiger partial charge >= 0.3 is 0 Å². The molecule has 0 aliphatic carbocycles. The predicted molar refractivity (Wildman–Crippen MR) is 100 cm³/mol. The van der Waals surface area contributed by atoms with Gasteiger partial charge in [0.25, 0.3) is 0 Å². The van der Waals surface area contributed by atoms with Gasteiger partial charge in [-0.05, 0) is 36.8 Å². The average Bonchev–Trinajstić information content (AvgIpc) is 2.67. The van der Waals surface area contributed by atoms with Gasteiger partial charge in [0, 0.05) is 37.8 Å². The second kappa shape index (κ2) is 6.90. The third-order valence-corrected chi connectivity index (χ3v) is 5.39. The Balaban J connectivity index is 1.55. The van der Waals surface area contributed by atoms with Crippen molar-refractivity contribution in [2.24, 2.45) is 5.92 Å². The van der Waals surface area contributed by atoms with Crippen LogP contribution in [0.2, 0.25) is 0 Å². The quantitative estimate of drug-likeness (QED) is 0.859. The molecule has 0 spiro atoms. The first-order chi connectivity index (χ1) is 12.2. The van der Waals surface area contributed by atoms with Gasteiger partial charge in [0.1, 0.15) is 23.7 Å². The number of benzene rings is 1. The van der Waals surface area contributed by atoms with Crippen LogP contribution in [0.15, 0.2) is 30.6 Å². The zero-order valence-electron chi connectivity index (χ0n) is 15.1. The highest BCUT2D eigenvalue weighted by molar-refractivity contribution is 5.53. The molecule has 2 aliphatic heterocycles. The van der Waals surface area contributed by atoms with Crippen LogP contribution in [0.25, 0.3) is 0 Å². The lowest BCUT2D eigenvalue weighted by Crippen LogP contribution is -2.35. The molecule has 1 saturated heterocycles. The minimum absolute atomic E-state index is 0.737. The monoisotopic (exact) mass is 338 g/mol. The van der Waals surface area contributed by atoms with Crippen molar-refractivity contribution < 1.29 is 4.74 Å². The van der Waals surface area contributed by atoms with Crippen molar-refractivity contribution in [2.45, 2.75) is 32.7 Å². The normalized spacial score (nSPS) is 20.3. The second-order valence-electron chi connectivity index (χ2n) is 7.20. The van der Waals surface area contributed by atoms with Crippen LogP contribution in [0.5, 0.6) is 5.75 Å². The molecule has 4 rings (SSSR count). The van der Waals surface area contributed by atoms with Gasteiger partial charge in [0.2, 0.25) is 0 Å². The van der Waals surface area contributed by atoms with Crippen LogP contribution < -0.4 is 14.5 Å². The van der Waals surface area contributed by atoms with Crippen LogP contribution >= 0.6 is 0 Å². The molecule has 132 valence electrons. The summed E-state index contributed by atoms with van der Waals surface area (Å²) in [5.74, 6) is 3.83. The molecule has 1 atom stereocenters. The van der Waals surface area contributed by atoms with Crippen LogP contribution in [-0.4, -0.2) is 36.7 Å². The van der Waals surface area contributed by atoms with Gasteiger partial charge in [-0.2, -0.15) is 0 Å². The summed E-state index contributed by atoms with van der Waals surface area (Å²) in [7, 11) is 1.75. The minimum Gasteiger partial charge on any atom is -0.496 e. The molecule has 0 bridgehead atoms. The Hall–Kier alpha value is -2.30. The van der Waals surface area contributed by atoms with Crippen molar-refractivity contribution in [3.63, 3.8) is 0 Å². The van der Waals surface area contributed by atoms with E-state index in [0.29, 0.717) is 0 Å². The van der Waals surface area contributed by atoms with E-state index in [1.54, 1.807) is 13.4 Å². The van der Waals surface area contributed by atoms with Gasteiger partial charge in [-0.1, -0.05) is 19.1 Å². The van der Waals surface area contributed by atoms with Crippen molar-refractivity contribution in [1.82, 2.24) is 9.97 Å². The summed E-state index contributed by atoms with van der Waals surface area (Å²) in [6.45, 7) is 6.35. The Morgan fingerprint density at radius 2 is 1.96 bits per heavy atom. The highest BCUT2D eigenvalue weighted by atomic mass is 16.5. The first-order valence-electron chi connectivity index (χ1n) is 9.21. The van der Waals surface area contributed by atoms with Crippen molar-refractivity contribution in [3.8, 4) is 5.75 Å². The van der Waals surface area contributed by atoms with Gasteiger partial charge < -0.3 is 14.5 Å². The highest BCUT2D eigenvalue weighted by Crippen LogP contribution is 2.30. The van der Waals surface area contributed by atoms with Crippen LogP contribution in [0.3, 0.4) is 0 Å². The van der Waals surface area contributed by atoms with Gasteiger partial charge in [-0.15, -0.1) is 0 Å². The van der Waals surface area contributed by atoms with Crippen LogP contribution in [0.1, 0.15) is 30.9 Å². The average molecular weight is 338 g/mol. The number of rotatable bonds is 3. The van der Waals surface area contributed by atoms with E-state index in [2.05, 4.69) is 51.0 Å². The molecule has 0 amide bonds. The van der Waals surface area contributed by atoms with E-state index in [-0.39, 0.29) is 0 Å². The van der Waals surface area contributed by atoms with Crippen LogP contribution in [0.4, 0.5) is 11.6 Å². The number of ether oxygens (including phenoxy) is 1. The van der Waals surface area contributed by atoms with Gasteiger partial charge in [-0.3, -0.25) is 0 Å². The lowest BCUT2D eigenvalue weighted by atomic mass is 9.98. The van der Waals surface area contributed by atoms with E-state index >= 15 is 0 Å². The van der Waals surface area contributed by atoms with Crippen LogP contribution in [-0.2, 0) is 13.0 Å². The molecule has 5 nitrogen and oxygen atoms in total. The minimum atomic E-state index is 0.737. The van der Waals surface area contributed by atoms with Crippen molar-refractivity contribution in [1.29, 1.82) is 0 Å². The molecule has 1 unspecified atom stereocenters. The molecule has 2 aliphatic rings. The number of aromatic nitrogens is 2. The number of hydrogen-bond acceptors (Lipinski definition) is 5. The number of nitrogens with zero attached hydrogens (tertiary/aromatic N) is 4. The largest absolute Gasteiger partial charge is 0.496 e. The fourth-order valence-electron chi connectivity index (χ4n) is 4.04. The maximum absolute atomic E-state index is 5.51. The molecular weight excluding hydrogens is 312 g/mol. The number of hydrogen-bond donors (Lipinski definition) is 0. The summed E-state index contributed by atoms with van der Waals surface area (Å²) in [5, 5.41) is 0. The van der Waals surface area contributed by atoms with E-state index in [0.717, 1.165) is 55.9 Å². The molecule has 0 radical (unpaired) electrons. The van der Waals surface area contributed by atoms with Crippen molar-refractivity contribution >= 4 is 11.6 Å². The topological polar surface area (TPSA) is 41.5 Å². The summed E-state index contributed by atoms with van der Waals surface area (Å²) in [5.41, 5.74) is 2.66. The molecule has 1 aromatic carbocycles. The standard InChI is InChI=1S/C20H26N4O/c1-15-5-4-9-23(12-15)19-11-20(22-14-21-19)24-10-8-17-16(13-24)6-3-7-18(17)25-2/h3,6-7,11,14-15H,4-5,8-10,12-13H2,1-2H3. The highest BCUT2D eigenvalue weighted by Gasteiger charge is 2.22. The zero-order chi connectivity index (χ0) is 17.2. The van der Waals surface area contributed by atoms with E-state index < -0.39 is 0 Å². The molecule has 25 heavy (non-hydrogen) atoms. The lowest BCUT2D eigenvalue weighted by Gasteiger charge is -2.33. The molecular formula is C20H26N4O. The fourth-order valence-corrected chi connectivity index (χ4v) is 4.04. The lowest BCUT2D eigenvalue weighted by molar-refractivity contribution is 0.407. The zero-order valence-corrected chi connectivity index (χ0v) is 15.1. The Kier molecular flexibility index (Phi) is 4.47. The van der Waals surface area contributed by atoms with Crippen molar-refractivity contribution in [2.75, 3.05) is 36.5 Å². The Morgan fingerprint density at radius 1 is 1.12 bits per heavy atom. The third kappa shape index (κ3) is 3.28. The van der Waals surface area contributed by atoms with Gasteiger partial charge in [0.15, 0.2) is 0 Å². The summed E-state index contributed by atoms with van der Waals surface area (Å²) in [6.07, 6.45) is 5.26. The summed E-state index contributed by atoms with van der Waals surface area (Å²) in [6, 6.07) is 8.47. The molecule has 2 aromatic rings.